The topological polar surface area (TPSA) is 78.0 Å². The van der Waals surface area contributed by atoms with Crippen molar-refractivity contribution in [3.8, 4) is 0 Å². The van der Waals surface area contributed by atoms with Crippen LogP contribution in [0.4, 0.5) is 0 Å². The maximum absolute atomic E-state index is 12.2. The Kier molecular flexibility index (Phi) is 5.93. The number of nitrogens with one attached hydrogen (secondary N) is 2. The van der Waals surface area contributed by atoms with Crippen LogP contribution in [0, 0.1) is 13.8 Å². The number of hydrogen-bond donors (Lipinski definition) is 3. The molecule has 1 unspecified atom stereocenters. The first-order chi connectivity index (χ1) is 11.0. The first-order valence-corrected chi connectivity index (χ1v) is 8.04. The van der Waals surface area contributed by atoms with Gasteiger partial charge in [0.15, 0.2) is 0 Å². The summed E-state index contributed by atoms with van der Waals surface area (Å²) >= 11 is 0. The molecule has 1 heterocycles. The number of rotatable bonds is 7. The second-order valence-electron chi connectivity index (χ2n) is 5.81. The van der Waals surface area contributed by atoms with Gasteiger partial charge >= 0.3 is 0 Å². The number of aromatic amines is 1. The molecule has 23 heavy (non-hydrogen) atoms. The average Bonchev–Trinajstić information content (AvgIpc) is 2.89. The predicted octanol–water partition coefficient (Wildman–Crippen LogP) is 2.37. The zero-order valence-electron chi connectivity index (χ0n) is 14.0. The van der Waals surface area contributed by atoms with Gasteiger partial charge in [0.05, 0.1) is 18.3 Å². The molecule has 5 heteroatoms. The molecular formula is C18H25N3O2. The number of H-pyrrole nitrogens is 1. The Balaban J connectivity index is 1.94. The van der Waals surface area contributed by atoms with Crippen molar-refractivity contribution in [3.63, 3.8) is 0 Å². The maximum atomic E-state index is 12.2. The number of nitrogens with zero attached hydrogens (tertiary/aromatic N) is 1. The molecule has 1 aromatic heterocycles. The molecule has 0 aliphatic rings. The van der Waals surface area contributed by atoms with Gasteiger partial charge in [0.25, 0.3) is 0 Å². The Morgan fingerprint density at radius 2 is 2.00 bits per heavy atom. The highest BCUT2D eigenvalue weighted by Crippen LogP contribution is 2.15. The molecule has 1 aromatic carbocycles. The summed E-state index contributed by atoms with van der Waals surface area (Å²) in [5, 5.41) is 19.5. The highest BCUT2D eigenvalue weighted by molar-refractivity contribution is 5.76. The summed E-state index contributed by atoms with van der Waals surface area (Å²) in [7, 11) is 0. The van der Waals surface area contributed by atoms with E-state index in [1.165, 1.54) is 5.56 Å². The number of carbonyl (C=O) groups is 1. The minimum absolute atomic E-state index is 0.0661. The maximum Gasteiger partial charge on any atom is 0.220 e. The second kappa shape index (κ2) is 7.92. The molecule has 3 N–H and O–H groups in total. The number of benzene rings is 1. The van der Waals surface area contributed by atoms with Crippen molar-refractivity contribution in [2.24, 2.45) is 0 Å². The summed E-state index contributed by atoms with van der Waals surface area (Å²) in [5.41, 5.74) is 5.19. The van der Waals surface area contributed by atoms with Gasteiger partial charge < -0.3 is 10.4 Å². The molecule has 0 saturated carbocycles. The van der Waals surface area contributed by atoms with E-state index in [0.29, 0.717) is 12.8 Å². The molecule has 0 spiro atoms. The van der Waals surface area contributed by atoms with Crippen LogP contribution in [0.5, 0.6) is 0 Å². The fourth-order valence-electron chi connectivity index (χ4n) is 2.67. The Morgan fingerprint density at radius 3 is 2.52 bits per heavy atom. The summed E-state index contributed by atoms with van der Waals surface area (Å²) in [6, 6.07) is 7.62. The zero-order valence-corrected chi connectivity index (χ0v) is 14.0. The van der Waals surface area contributed by atoms with Crippen molar-refractivity contribution >= 4 is 5.91 Å². The number of aryl methyl sites for hydroxylation is 3. The van der Waals surface area contributed by atoms with Gasteiger partial charge in [-0.25, -0.2) is 0 Å². The van der Waals surface area contributed by atoms with E-state index in [-0.39, 0.29) is 18.6 Å². The van der Waals surface area contributed by atoms with E-state index in [1.54, 1.807) is 0 Å². The van der Waals surface area contributed by atoms with Crippen LogP contribution in [0.3, 0.4) is 0 Å². The summed E-state index contributed by atoms with van der Waals surface area (Å²) in [6.45, 7) is 5.88. The lowest BCUT2D eigenvalue weighted by Gasteiger charge is -2.17. The van der Waals surface area contributed by atoms with E-state index in [0.717, 1.165) is 28.9 Å². The van der Waals surface area contributed by atoms with Crippen molar-refractivity contribution < 1.29 is 9.90 Å². The van der Waals surface area contributed by atoms with Crippen molar-refractivity contribution in [2.45, 2.75) is 46.1 Å². The van der Waals surface area contributed by atoms with Crippen LogP contribution in [-0.2, 0) is 17.6 Å². The van der Waals surface area contributed by atoms with E-state index >= 15 is 0 Å². The standard InChI is InChI=1S/C18H25N3O2/c1-4-14-5-7-15(8-6-14)17(11-22)19-18(23)10-9-16-12(2)20-21-13(16)3/h5-8,17,22H,4,9-11H2,1-3H3,(H,19,23)(H,20,21). The molecule has 1 amide bonds. The number of aliphatic hydroxyl groups excluding tert-OH is 1. The Labute approximate surface area is 137 Å². The molecule has 5 nitrogen and oxygen atoms in total. The molecule has 124 valence electrons. The molecule has 0 bridgehead atoms. The highest BCUT2D eigenvalue weighted by Gasteiger charge is 2.15. The van der Waals surface area contributed by atoms with Crippen LogP contribution in [0.25, 0.3) is 0 Å². The van der Waals surface area contributed by atoms with Crippen LogP contribution >= 0.6 is 0 Å². The second-order valence-corrected chi connectivity index (χ2v) is 5.81. The van der Waals surface area contributed by atoms with Crippen molar-refractivity contribution in [1.82, 2.24) is 15.5 Å². The largest absolute Gasteiger partial charge is 0.394 e. The molecule has 0 aliphatic heterocycles. The van der Waals surface area contributed by atoms with Crippen LogP contribution in [0.2, 0.25) is 0 Å². The summed E-state index contributed by atoms with van der Waals surface area (Å²) in [5.74, 6) is -0.0661. The van der Waals surface area contributed by atoms with Gasteiger partial charge in [-0.2, -0.15) is 5.10 Å². The number of aromatic nitrogens is 2. The molecule has 0 saturated heterocycles. The third kappa shape index (κ3) is 4.42. The molecule has 2 rings (SSSR count). The van der Waals surface area contributed by atoms with Gasteiger partial charge in [0, 0.05) is 12.1 Å². The van der Waals surface area contributed by atoms with Gasteiger partial charge in [0.2, 0.25) is 5.91 Å². The lowest BCUT2D eigenvalue weighted by atomic mass is 10.0. The zero-order chi connectivity index (χ0) is 16.8. The van der Waals surface area contributed by atoms with Crippen LogP contribution in [0.15, 0.2) is 24.3 Å². The predicted molar refractivity (Wildman–Crippen MR) is 90.2 cm³/mol. The molecule has 0 aliphatic carbocycles. The number of hydrogen-bond acceptors (Lipinski definition) is 3. The number of amides is 1. The Bertz CT molecular complexity index is 627. The Hall–Kier alpha value is -2.14. The lowest BCUT2D eigenvalue weighted by molar-refractivity contribution is -0.122. The van der Waals surface area contributed by atoms with Crippen LogP contribution in [0.1, 0.15) is 47.5 Å². The van der Waals surface area contributed by atoms with Crippen LogP contribution in [-0.4, -0.2) is 27.8 Å². The van der Waals surface area contributed by atoms with E-state index < -0.39 is 0 Å². The first-order valence-electron chi connectivity index (χ1n) is 8.04. The van der Waals surface area contributed by atoms with Gasteiger partial charge in [-0.15, -0.1) is 0 Å². The first kappa shape index (κ1) is 17.2. The molecule has 0 fully saturated rings. The monoisotopic (exact) mass is 315 g/mol. The van der Waals surface area contributed by atoms with Gasteiger partial charge in [-0.05, 0) is 43.4 Å². The van der Waals surface area contributed by atoms with Gasteiger partial charge in [0.1, 0.15) is 0 Å². The Morgan fingerprint density at radius 1 is 1.30 bits per heavy atom. The molecular weight excluding hydrogens is 290 g/mol. The smallest absolute Gasteiger partial charge is 0.220 e. The summed E-state index contributed by atoms with van der Waals surface area (Å²) in [6.07, 6.45) is 2.00. The summed E-state index contributed by atoms with van der Waals surface area (Å²) < 4.78 is 0. The van der Waals surface area contributed by atoms with Crippen LogP contribution < -0.4 is 5.32 Å². The highest BCUT2D eigenvalue weighted by atomic mass is 16.3. The fraction of sp³-hybridized carbons (Fsp3) is 0.444. The molecule has 1 atom stereocenters. The number of aliphatic hydroxyl groups is 1. The SMILES string of the molecule is CCc1ccc(C(CO)NC(=O)CCc2c(C)n[nH]c2C)cc1. The fourth-order valence-corrected chi connectivity index (χ4v) is 2.67. The van der Waals surface area contributed by atoms with Gasteiger partial charge in [-0.1, -0.05) is 31.2 Å². The van der Waals surface area contributed by atoms with E-state index in [4.69, 9.17) is 0 Å². The van der Waals surface area contributed by atoms with E-state index in [1.807, 2.05) is 38.1 Å². The summed E-state index contributed by atoms with van der Waals surface area (Å²) in [4.78, 5) is 12.2. The normalized spacial score (nSPS) is 12.2. The van der Waals surface area contributed by atoms with Gasteiger partial charge in [-0.3, -0.25) is 9.89 Å². The van der Waals surface area contributed by atoms with Crippen molar-refractivity contribution in [1.29, 1.82) is 0 Å². The molecule has 0 radical (unpaired) electrons. The number of carbonyl (C=O) groups excluding carboxylic acids is 1. The third-order valence-corrected chi connectivity index (χ3v) is 4.19. The van der Waals surface area contributed by atoms with E-state index in [9.17, 15) is 9.90 Å². The van der Waals surface area contributed by atoms with Crippen molar-refractivity contribution in [3.05, 3.63) is 52.3 Å². The quantitative estimate of drug-likeness (QED) is 0.734. The minimum Gasteiger partial charge on any atom is -0.394 e. The lowest BCUT2D eigenvalue weighted by Crippen LogP contribution is -2.31. The molecule has 2 aromatic rings. The third-order valence-electron chi connectivity index (χ3n) is 4.19. The average molecular weight is 315 g/mol. The minimum atomic E-state index is -0.361. The van der Waals surface area contributed by atoms with E-state index in [2.05, 4.69) is 22.4 Å². The van der Waals surface area contributed by atoms with Crippen molar-refractivity contribution in [2.75, 3.05) is 6.61 Å².